The highest BCUT2D eigenvalue weighted by molar-refractivity contribution is 6.02. The van der Waals surface area contributed by atoms with Gasteiger partial charge in [-0.25, -0.2) is 4.79 Å². The van der Waals surface area contributed by atoms with Gasteiger partial charge in [0.25, 0.3) is 11.8 Å². The zero-order valence-corrected chi connectivity index (χ0v) is 14.4. The Bertz CT molecular complexity index is 777. The average molecular weight is 356 g/mol. The quantitative estimate of drug-likeness (QED) is 0.832. The molecule has 1 fully saturated rings. The van der Waals surface area contributed by atoms with Crippen LogP contribution in [0.1, 0.15) is 40.7 Å². The third kappa shape index (κ3) is 4.11. The molecule has 7 heteroatoms. The van der Waals surface area contributed by atoms with Crippen molar-refractivity contribution in [2.75, 3.05) is 18.4 Å². The molecule has 136 valence electrons. The summed E-state index contributed by atoms with van der Waals surface area (Å²) < 4.78 is 10.3. The van der Waals surface area contributed by atoms with Gasteiger partial charge in [0, 0.05) is 18.8 Å². The number of benzene rings is 1. The number of anilines is 1. The van der Waals surface area contributed by atoms with E-state index in [2.05, 4.69) is 5.32 Å². The minimum absolute atomic E-state index is 0.168. The second-order valence-electron chi connectivity index (χ2n) is 6.09. The SMILES string of the molecule is C[C@H](OC(=O)c1ccc(NC(=O)c2ccco2)cc1)C(=O)N1CCCC1. The molecule has 0 spiro atoms. The lowest BCUT2D eigenvalue weighted by Crippen LogP contribution is -2.38. The number of carbonyl (C=O) groups is 3. The Kier molecular flexibility index (Phi) is 5.36. The molecule has 2 amide bonds. The van der Waals surface area contributed by atoms with Crippen molar-refractivity contribution in [3.63, 3.8) is 0 Å². The lowest BCUT2D eigenvalue weighted by Gasteiger charge is -2.20. The fraction of sp³-hybridized carbons (Fsp3) is 0.316. The minimum Gasteiger partial charge on any atom is -0.459 e. The Morgan fingerprint density at radius 2 is 1.81 bits per heavy atom. The molecule has 0 aliphatic carbocycles. The third-order valence-corrected chi connectivity index (χ3v) is 4.17. The number of nitrogens with one attached hydrogen (secondary N) is 1. The van der Waals surface area contributed by atoms with Gasteiger partial charge < -0.3 is 19.4 Å². The highest BCUT2D eigenvalue weighted by Crippen LogP contribution is 2.15. The molecule has 3 rings (SSSR count). The molecule has 1 aliphatic rings. The van der Waals surface area contributed by atoms with E-state index >= 15 is 0 Å². The number of furan rings is 1. The maximum absolute atomic E-state index is 12.2. The molecule has 1 aromatic carbocycles. The van der Waals surface area contributed by atoms with Gasteiger partial charge in [-0.3, -0.25) is 9.59 Å². The van der Waals surface area contributed by atoms with E-state index in [9.17, 15) is 14.4 Å². The number of hydrogen-bond acceptors (Lipinski definition) is 5. The highest BCUT2D eigenvalue weighted by Gasteiger charge is 2.26. The van der Waals surface area contributed by atoms with E-state index in [0.717, 1.165) is 12.8 Å². The molecule has 2 aromatic rings. The average Bonchev–Trinajstić information content (AvgIpc) is 3.35. The van der Waals surface area contributed by atoms with Crippen LogP contribution in [0.2, 0.25) is 0 Å². The van der Waals surface area contributed by atoms with Crippen molar-refractivity contribution >= 4 is 23.5 Å². The molecule has 0 saturated carbocycles. The predicted octanol–water partition coefficient (Wildman–Crippen LogP) is 2.70. The molecule has 26 heavy (non-hydrogen) atoms. The number of carbonyl (C=O) groups excluding carboxylic acids is 3. The van der Waals surface area contributed by atoms with Crippen LogP contribution in [0, 0.1) is 0 Å². The zero-order valence-electron chi connectivity index (χ0n) is 14.4. The first-order valence-electron chi connectivity index (χ1n) is 8.49. The van der Waals surface area contributed by atoms with Gasteiger partial charge in [-0.05, 0) is 56.2 Å². The topological polar surface area (TPSA) is 88.8 Å². The molecule has 1 aliphatic heterocycles. The Morgan fingerprint density at radius 1 is 1.12 bits per heavy atom. The molecule has 1 saturated heterocycles. The molecule has 2 heterocycles. The van der Waals surface area contributed by atoms with Gasteiger partial charge in [-0.15, -0.1) is 0 Å². The van der Waals surface area contributed by atoms with E-state index in [1.54, 1.807) is 36.1 Å². The van der Waals surface area contributed by atoms with Crippen molar-refractivity contribution in [2.45, 2.75) is 25.9 Å². The second kappa shape index (κ2) is 7.86. The second-order valence-corrected chi connectivity index (χ2v) is 6.09. The van der Waals surface area contributed by atoms with Crippen LogP contribution in [0.3, 0.4) is 0 Å². The predicted molar refractivity (Wildman–Crippen MR) is 93.8 cm³/mol. The Labute approximate surface area is 150 Å². The number of amides is 2. The number of esters is 1. The van der Waals surface area contributed by atoms with Gasteiger partial charge in [-0.1, -0.05) is 0 Å². The molecular formula is C19H20N2O5. The molecular weight excluding hydrogens is 336 g/mol. The maximum atomic E-state index is 12.2. The summed E-state index contributed by atoms with van der Waals surface area (Å²) in [5.74, 6) is -0.926. The molecule has 0 bridgehead atoms. The van der Waals surface area contributed by atoms with Crippen LogP contribution < -0.4 is 5.32 Å². The third-order valence-electron chi connectivity index (χ3n) is 4.17. The number of likely N-dealkylation sites (tertiary alicyclic amines) is 1. The first kappa shape index (κ1) is 17.7. The van der Waals surface area contributed by atoms with Crippen LogP contribution >= 0.6 is 0 Å². The standard InChI is InChI=1S/C19H20N2O5/c1-13(18(23)21-10-2-3-11-21)26-19(24)14-6-8-15(9-7-14)20-17(22)16-5-4-12-25-16/h4-9,12-13H,2-3,10-11H2,1H3,(H,20,22)/t13-/m0/s1. The molecule has 0 unspecified atom stereocenters. The number of hydrogen-bond donors (Lipinski definition) is 1. The maximum Gasteiger partial charge on any atom is 0.338 e. The number of ether oxygens (including phenoxy) is 1. The Balaban J connectivity index is 1.56. The zero-order chi connectivity index (χ0) is 18.5. The van der Waals surface area contributed by atoms with Crippen LogP contribution in [0.4, 0.5) is 5.69 Å². The number of rotatable bonds is 5. The first-order valence-corrected chi connectivity index (χ1v) is 8.49. The van der Waals surface area contributed by atoms with Gasteiger partial charge in [-0.2, -0.15) is 0 Å². The van der Waals surface area contributed by atoms with Gasteiger partial charge in [0.15, 0.2) is 11.9 Å². The fourth-order valence-corrected chi connectivity index (χ4v) is 2.76. The highest BCUT2D eigenvalue weighted by atomic mass is 16.5. The van der Waals surface area contributed by atoms with E-state index in [-0.39, 0.29) is 17.6 Å². The fourth-order valence-electron chi connectivity index (χ4n) is 2.76. The van der Waals surface area contributed by atoms with Gasteiger partial charge >= 0.3 is 5.97 Å². The largest absolute Gasteiger partial charge is 0.459 e. The summed E-state index contributed by atoms with van der Waals surface area (Å²) >= 11 is 0. The lowest BCUT2D eigenvalue weighted by atomic mass is 10.2. The van der Waals surface area contributed by atoms with Crippen LogP contribution in [-0.2, 0) is 9.53 Å². The van der Waals surface area contributed by atoms with E-state index < -0.39 is 12.1 Å². The van der Waals surface area contributed by atoms with Crippen LogP contribution in [0.25, 0.3) is 0 Å². The molecule has 1 aromatic heterocycles. The Hall–Kier alpha value is -3.09. The normalized spacial score (nSPS) is 14.7. The summed E-state index contributed by atoms with van der Waals surface area (Å²) in [5.41, 5.74) is 0.825. The molecule has 0 radical (unpaired) electrons. The van der Waals surface area contributed by atoms with E-state index in [1.165, 1.54) is 18.4 Å². The summed E-state index contributed by atoms with van der Waals surface area (Å²) in [6.07, 6.45) is 2.56. The minimum atomic E-state index is -0.820. The summed E-state index contributed by atoms with van der Waals surface area (Å²) in [6.45, 7) is 3.01. The van der Waals surface area contributed by atoms with Crippen molar-refractivity contribution in [1.29, 1.82) is 0 Å². The Morgan fingerprint density at radius 3 is 2.42 bits per heavy atom. The van der Waals surface area contributed by atoms with Crippen molar-refractivity contribution in [3.05, 3.63) is 54.0 Å². The smallest absolute Gasteiger partial charge is 0.338 e. The van der Waals surface area contributed by atoms with E-state index in [4.69, 9.17) is 9.15 Å². The molecule has 1 N–H and O–H groups in total. The van der Waals surface area contributed by atoms with Gasteiger partial charge in [0.1, 0.15) is 0 Å². The summed E-state index contributed by atoms with van der Waals surface area (Å²) in [4.78, 5) is 38.0. The first-order chi connectivity index (χ1) is 12.5. The van der Waals surface area contributed by atoms with Crippen LogP contribution in [0.15, 0.2) is 47.1 Å². The van der Waals surface area contributed by atoms with Crippen molar-refractivity contribution < 1.29 is 23.5 Å². The summed E-state index contributed by atoms with van der Waals surface area (Å²) in [7, 11) is 0. The van der Waals surface area contributed by atoms with Crippen LogP contribution in [-0.4, -0.2) is 41.9 Å². The van der Waals surface area contributed by atoms with Gasteiger partial charge in [0.2, 0.25) is 0 Å². The van der Waals surface area contributed by atoms with Crippen molar-refractivity contribution in [3.8, 4) is 0 Å². The number of nitrogens with zero attached hydrogens (tertiary/aromatic N) is 1. The van der Waals surface area contributed by atoms with Crippen molar-refractivity contribution in [1.82, 2.24) is 4.90 Å². The van der Waals surface area contributed by atoms with Crippen molar-refractivity contribution in [2.24, 2.45) is 0 Å². The lowest BCUT2D eigenvalue weighted by molar-refractivity contribution is -0.138. The van der Waals surface area contributed by atoms with Gasteiger partial charge in [0.05, 0.1) is 11.8 Å². The molecule has 1 atom stereocenters. The molecule has 7 nitrogen and oxygen atoms in total. The summed E-state index contributed by atoms with van der Waals surface area (Å²) in [5, 5.41) is 2.66. The van der Waals surface area contributed by atoms with E-state index in [0.29, 0.717) is 24.3 Å². The van der Waals surface area contributed by atoms with E-state index in [1.807, 2.05) is 0 Å². The van der Waals surface area contributed by atoms with Crippen LogP contribution in [0.5, 0.6) is 0 Å². The monoisotopic (exact) mass is 356 g/mol. The summed E-state index contributed by atoms with van der Waals surface area (Å²) in [6, 6.07) is 9.42.